The van der Waals surface area contributed by atoms with Gasteiger partial charge < -0.3 is 15.0 Å². The number of hydrogen-bond donors (Lipinski definition) is 2. The van der Waals surface area contributed by atoms with Crippen LogP contribution in [-0.4, -0.2) is 16.6 Å². The van der Waals surface area contributed by atoms with Gasteiger partial charge in [-0.25, -0.2) is 4.98 Å². The van der Waals surface area contributed by atoms with E-state index in [-0.39, 0.29) is 0 Å². The first kappa shape index (κ1) is 10.2. The number of anilines is 1. The highest BCUT2D eigenvalue weighted by atomic mass is 16.5. The Balaban J connectivity index is 1.72. The number of hydrogen-bond acceptors (Lipinski definition) is 3. The number of ether oxygens (including phenoxy) is 1. The summed E-state index contributed by atoms with van der Waals surface area (Å²) in [5.41, 5.74) is 4.58. The number of aromatic nitrogens is 2. The summed E-state index contributed by atoms with van der Waals surface area (Å²) in [4.78, 5) is 7.34. The van der Waals surface area contributed by atoms with Gasteiger partial charge >= 0.3 is 0 Å². The number of benzene rings is 1. The number of rotatable bonds is 3. The molecule has 1 aromatic carbocycles. The van der Waals surface area contributed by atoms with E-state index in [0.717, 1.165) is 42.4 Å². The third-order valence-electron chi connectivity index (χ3n) is 3.08. The van der Waals surface area contributed by atoms with Crippen molar-refractivity contribution in [3.8, 4) is 5.75 Å². The average Bonchev–Trinajstić information content (AvgIpc) is 2.94. The second-order valence-electron chi connectivity index (χ2n) is 4.25. The molecule has 0 radical (unpaired) electrons. The molecule has 1 aliphatic heterocycles. The molecule has 1 aromatic heterocycles. The van der Waals surface area contributed by atoms with Crippen LogP contribution in [0.15, 0.2) is 24.5 Å². The van der Waals surface area contributed by atoms with Gasteiger partial charge in [-0.1, -0.05) is 0 Å². The van der Waals surface area contributed by atoms with E-state index in [1.807, 2.05) is 19.1 Å². The number of nitrogens with zero attached hydrogens (tertiary/aromatic N) is 1. The Bertz CT molecular complexity index is 533. The van der Waals surface area contributed by atoms with Crippen molar-refractivity contribution in [2.45, 2.75) is 19.9 Å². The maximum atomic E-state index is 5.48. The van der Waals surface area contributed by atoms with Crippen LogP contribution in [-0.2, 0) is 13.0 Å². The predicted molar refractivity (Wildman–Crippen MR) is 66.3 cm³/mol. The van der Waals surface area contributed by atoms with Crippen molar-refractivity contribution in [2.24, 2.45) is 0 Å². The van der Waals surface area contributed by atoms with Crippen LogP contribution < -0.4 is 10.1 Å². The van der Waals surface area contributed by atoms with Gasteiger partial charge in [0.05, 0.1) is 25.2 Å². The fourth-order valence-corrected chi connectivity index (χ4v) is 2.05. The van der Waals surface area contributed by atoms with Gasteiger partial charge in [0.1, 0.15) is 5.75 Å². The van der Waals surface area contributed by atoms with Crippen molar-refractivity contribution in [2.75, 3.05) is 11.9 Å². The van der Waals surface area contributed by atoms with Gasteiger partial charge in [0.25, 0.3) is 0 Å². The number of aromatic amines is 1. The van der Waals surface area contributed by atoms with E-state index in [1.54, 1.807) is 6.33 Å². The highest BCUT2D eigenvalue weighted by Gasteiger charge is 2.11. The Morgan fingerprint density at radius 1 is 1.47 bits per heavy atom. The standard InChI is InChI=1S/C13H15N3O/c1-9-12(16-8-15-9)7-14-11-2-3-13-10(6-11)4-5-17-13/h2-3,6,8,14H,4-5,7H2,1H3,(H,15,16). The summed E-state index contributed by atoms with van der Waals surface area (Å²) in [6.07, 6.45) is 2.73. The second-order valence-corrected chi connectivity index (χ2v) is 4.25. The summed E-state index contributed by atoms with van der Waals surface area (Å²) in [5, 5.41) is 3.38. The molecule has 2 heterocycles. The van der Waals surface area contributed by atoms with Crippen molar-refractivity contribution in [1.29, 1.82) is 0 Å². The monoisotopic (exact) mass is 229 g/mol. The molecule has 88 valence electrons. The topological polar surface area (TPSA) is 49.9 Å². The molecule has 0 bridgehead atoms. The van der Waals surface area contributed by atoms with E-state index in [0.29, 0.717) is 0 Å². The van der Waals surface area contributed by atoms with Crippen LogP contribution in [0.4, 0.5) is 5.69 Å². The molecule has 4 nitrogen and oxygen atoms in total. The van der Waals surface area contributed by atoms with Gasteiger partial charge in [0, 0.05) is 17.8 Å². The molecular weight excluding hydrogens is 214 g/mol. The van der Waals surface area contributed by atoms with Crippen LogP contribution in [0.25, 0.3) is 0 Å². The van der Waals surface area contributed by atoms with E-state index in [2.05, 4.69) is 21.4 Å². The molecule has 0 fully saturated rings. The summed E-state index contributed by atoms with van der Waals surface area (Å²) in [5.74, 6) is 1.02. The van der Waals surface area contributed by atoms with Crippen molar-refractivity contribution in [1.82, 2.24) is 9.97 Å². The fourth-order valence-electron chi connectivity index (χ4n) is 2.05. The zero-order valence-corrected chi connectivity index (χ0v) is 9.79. The Morgan fingerprint density at radius 3 is 3.24 bits per heavy atom. The first-order valence-corrected chi connectivity index (χ1v) is 5.81. The zero-order valence-electron chi connectivity index (χ0n) is 9.79. The van der Waals surface area contributed by atoms with Crippen molar-refractivity contribution < 1.29 is 4.74 Å². The number of fused-ring (bicyclic) bond motifs is 1. The lowest BCUT2D eigenvalue weighted by molar-refractivity contribution is 0.357. The summed E-state index contributed by atoms with van der Waals surface area (Å²) in [6.45, 7) is 3.58. The van der Waals surface area contributed by atoms with E-state index >= 15 is 0 Å². The Kier molecular flexibility index (Phi) is 2.48. The van der Waals surface area contributed by atoms with Crippen molar-refractivity contribution in [3.63, 3.8) is 0 Å². The lowest BCUT2D eigenvalue weighted by Gasteiger charge is -2.07. The molecule has 0 atom stereocenters. The van der Waals surface area contributed by atoms with Crippen molar-refractivity contribution >= 4 is 5.69 Å². The highest BCUT2D eigenvalue weighted by molar-refractivity contribution is 5.52. The van der Waals surface area contributed by atoms with E-state index in [1.165, 1.54) is 5.56 Å². The van der Waals surface area contributed by atoms with Crippen LogP contribution in [0.5, 0.6) is 5.75 Å². The lowest BCUT2D eigenvalue weighted by atomic mass is 10.1. The number of H-pyrrole nitrogens is 1. The minimum atomic E-state index is 0.745. The van der Waals surface area contributed by atoms with Gasteiger partial charge in [-0.05, 0) is 30.7 Å². The van der Waals surface area contributed by atoms with E-state index in [4.69, 9.17) is 4.74 Å². The molecule has 2 aromatic rings. The third-order valence-corrected chi connectivity index (χ3v) is 3.08. The van der Waals surface area contributed by atoms with Crippen LogP contribution in [0.2, 0.25) is 0 Å². The zero-order chi connectivity index (χ0) is 11.7. The molecule has 0 aliphatic carbocycles. The molecular formula is C13H15N3O. The molecule has 17 heavy (non-hydrogen) atoms. The molecule has 0 spiro atoms. The molecule has 0 saturated carbocycles. The molecule has 0 saturated heterocycles. The van der Waals surface area contributed by atoms with Gasteiger partial charge in [-0.3, -0.25) is 0 Å². The summed E-state index contributed by atoms with van der Waals surface area (Å²) < 4.78 is 5.48. The summed E-state index contributed by atoms with van der Waals surface area (Å²) in [7, 11) is 0. The summed E-state index contributed by atoms with van der Waals surface area (Å²) >= 11 is 0. The molecule has 3 rings (SSSR count). The molecule has 0 amide bonds. The minimum Gasteiger partial charge on any atom is -0.493 e. The van der Waals surface area contributed by atoms with Crippen molar-refractivity contribution in [3.05, 3.63) is 41.5 Å². The van der Waals surface area contributed by atoms with Crippen LogP contribution in [0, 0.1) is 6.92 Å². The van der Waals surface area contributed by atoms with E-state index in [9.17, 15) is 0 Å². The van der Waals surface area contributed by atoms with Gasteiger partial charge in [0.2, 0.25) is 0 Å². The number of aryl methyl sites for hydroxylation is 1. The smallest absolute Gasteiger partial charge is 0.122 e. The maximum Gasteiger partial charge on any atom is 0.122 e. The second kappa shape index (κ2) is 4.13. The Labute approximate surface area is 100 Å². The molecule has 2 N–H and O–H groups in total. The predicted octanol–water partition coefficient (Wildman–Crippen LogP) is 2.27. The summed E-state index contributed by atoms with van der Waals surface area (Å²) in [6, 6.07) is 6.23. The SMILES string of the molecule is Cc1[nH]cnc1CNc1ccc2c(c1)CCO2. The number of nitrogens with one attached hydrogen (secondary N) is 2. The van der Waals surface area contributed by atoms with Crippen LogP contribution in [0.3, 0.4) is 0 Å². The largest absolute Gasteiger partial charge is 0.493 e. The van der Waals surface area contributed by atoms with Crippen LogP contribution in [0.1, 0.15) is 17.0 Å². The fraction of sp³-hybridized carbons (Fsp3) is 0.308. The Morgan fingerprint density at radius 2 is 2.41 bits per heavy atom. The average molecular weight is 229 g/mol. The molecule has 1 aliphatic rings. The quantitative estimate of drug-likeness (QED) is 0.848. The van der Waals surface area contributed by atoms with Crippen LogP contribution >= 0.6 is 0 Å². The Hall–Kier alpha value is -1.97. The number of imidazole rings is 1. The first-order chi connectivity index (χ1) is 8.33. The van der Waals surface area contributed by atoms with Gasteiger partial charge in [0.15, 0.2) is 0 Å². The third kappa shape index (κ3) is 1.98. The minimum absolute atomic E-state index is 0.745. The first-order valence-electron chi connectivity index (χ1n) is 5.81. The van der Waals surface area contributed by atoms with Gasteiger partial charge in [-0.15, -0.1) is 0 Å². The molecule has 0 unspecified atom stereocenters. The molecule has 4 heteroatoms. The normalized spacial score (nSPS) is 13.2. The highest BCUT2D eigenvalue weighted by Crippen LogP contribution is 2.27. The van der Waals surface area contributed by atoms with Gasteiger partial charge in [-0.2, -0.15) is 0 Å². The lowest BCUT2D eigenvalue weighted by Crippen LogP contribution is -2.01. The maximum absolute atomic E-state index is 5.48. The van der Waals surface area contributed by atoms with E-state index < -0.39 is 0 Å².